The quantitative estimate of drug-likeness (QED) is 0.682. The molecule has 23 heavy (non-hydrogen) atoms. The van der Waals surface area contributed by atoms with Gasteiger partial charge in [0, 0.05) is 27.8 Å². The van der Waals surface area contributed by atoms with Crippen LogP contribution in [0.15, 0.2) is 28.9 Å². The molecule has 0 fully saturated rings. The third kappa shape index (κ3) is 4.67. The molecule has 0 aliphatic carbocycles. The number of hydrogen-bond acceptors (Lipinski definition) is 3. The molecule has 0 radical (unpaired) electrons. The number of hydrogen-bond donors (Lipinski definition) is 1. The van der Waals surface area contributed by atoms with Gasteiger partial charge in [-0.15, -0.1) is 0 Å². The van der Waals surface area contributed by atoms with Gasteiger partial charge in [-0.05, 0) is 64.0 Å². The number of nitrogens with one attached hydrogen (secondary N) is 1. The summed E-state index contributed by atoms with van der Waals surface area (Å²) in [5, 5.41) is 4.90. The molecule has 0 unspecified atom stereocenters. The standard InChI is InChI=1S/C19H28BrN3/c1-5-23(6-2)12-8-9-15(4)22-19-14(3)13-21-17-11-7-10-16(20)18(17)19/h7,10-11,13,15H,5-6,8-9,12H2,1-4H3,(H,21,22)/t15-/m1/s1. The fourth-order valence-electron chi connectivity index (χ4n) is 2.96. The molecule has 4 heteroatoms. The minimum absolute atomic E-state index is 0.446. The van der Waals surface area contributed by atoms with Crippen LogP contribution in [0.4, 0.5) is 5.69 Å². The number of nitrogens with zero attached hydrogens (tertiary/aromatic N) is 2. The molecule has 1 aromatic carbocycles. The molecule has 126 valence electrons. The molecule has 0 saturated heterocycles. The Hall–Kier alpha value is -1.13. The lowest BCUT2D eigenvalue weighted by atomic mass is 10.1. The van der Waals surface area contributed by atoms with E-state index in [4.69, 9.17) is 0 Å². The van der Waals surface area contributed by atoms with Gasteiger partial charge in [0.2, 0.25) is 0 Å². The molecule has 2 aromatic rings. The van der Waals surface area contributed by atoms with E-state index in [1.165, 1.54) is 36.0 Å². The molecule has 0 amide bonds. The number of fused-ring (bicyclic) bond motifs is 1. The lowest BCUT2D eigenvalue weighted by Crippen LogP contribution is -2.25. The zero-order chi connectivity index (χ0) is 16.8. The van der Waals surface area contributed by atoms with E-state index in [0.29, 0.717) is 6.04 Å². The molecule has 3 nitrogen and oxygen atoms in total. The van der Waals surface area contributed by atoms with Crippen LogP contribution in [0.2, 0.25) is 0 Å². The lowest BCUT2D eigenvalue weighted by molar-refractivity contribution is 0.295. The zero-order valence-electron chi connectivity index (χ0n) is 14.7. The van der Waals surface area contributed by atoms with Crippen molar-refractivity contribution >= 4 is 32.5 Å². The Morgan fingerprint density at radius 3 is 2.70 bits per heavy atom. The smallest absolute Gasteiger partial charge is 0.0734 e. The van der Waals surface area contributed by atoms with Crippen LogP contribution in [-0.4, -0.2) is 35.6 Å². The highest BCUT2D eigenvalue weighted by Gasteiger charge is 2.12. The molecule has 1 heterocycles. The van der Waals surface area contributed by atoms with Crippen molar-refractivity contribution in [2.75, 3.05) is 25.0 Å². The van der Waals surface area contributed by atoms with Crippen molar-refractivity contribution in [3.63, 3.8) is 0 Å². The highest BCUT2D eigenvalue weighted by Crippen LogP contribution is 2.32. The van der Waals surface area contributed by atoms with E-state index in [1.807, 2.05) is 12.3 Å². The van der Waals surface area contributed by atoms with Gasteiger partial charge in [-0.3, -0.25) is 4.98 Å². The van der Waals surface area contributed by atoms with E-state index in [9.17, 15) is 0 Å². The van der Waals surface area contributed by atoms with Crippen LogP contribution in [0.5, 0.6) is 0 Å². The predicted octanol–water partition coefficient (Wildman–Crippen LogP) is 5.23. The van der Waals surface area contributed by atoms with E-state index in [2.05, 4.69) is 71.0 Å². The van der Waals surface area contributed by atoms with Crippen LogP contribution in [0.3, 0.4) is 0 Å². The Balaban J connectivity index is 2.07. The van der Waals surface area contributed by atoms with Gasteiger partial charge in [-0.25, -0.2) is 0 Å². The Bertz CT molecular complexity index is 638. The van der Waals surface area contributed by atoms with Gasteiger partial charge in [0.05, 0.1) is 5.52 Å². The number of benzene rings is 1. The Morgan fingerprint density at radius 2 is 2.00 bits per heavy atom. The van der Waals surface area contributed by atoms with E-state index in [1.54, 1.807) is 0 Å². The van der Waals surface area contributed by atoms with Crippen LogP contribution in [0.25, 0.3) is 10.9 Å². The minimum atomic E-state index is 0.446. The first kappa shape index (κ1) is 18.2. The van der Waals surface area contributed by atoms with Crippen LogP contribution < -0.4 is 5.32 Å². The first-order valence-electron chi connectivity index (χ1n) is 8.59. The summed E-state index contributed by atoms with van der Waals surface area (Å²) in [5.74, 6) is 0. The summed E-state index contributed by atoms with van der Waals surface area (Å²) in [6.45, 7) is 12.3. The average Bonchev–Trinajstić information content (AvgIpc) is 2.54. The Labute approximate surface area is 148 Å². The average molecular weight is 378 g/mol. The van der Waals surface area contributed by atoms with Crippen molar-refractivity contribution in [2.45, 2.75) is 46.6 Å². The summed E-state index contributed by atoms with van der Waals surface area (Å²) in [5.41, 5.74) is 3.43. The zero-order valence-corrected chi connectivity index (χ0v) is 16.3. The number of aromatic nitrogens is 1. The molecular weight excluding hydrogens is 350 g/mol. The first-order chi connectivity index (χ1) is 11.1. The maximum atomic E-state index is 4.54. The van der Waals surface area contributed by atoms with E-state index in [-0.39, 0.29) is 0 Å². The maximum Gasteiger partial charge on any atom is 0.0734 e. The minimum Gasteiger partial charge on any atom is -0.382 e. The van der Waals surface area contributed by atoms with Gasteiger partial charge in [-0.1, -0.05) is 35.8 Å². The molecule has 0 spiro atoms. The Morgan fingerprint density at radius 1 is 1.26 bits per heavy atom. The third-order valence-corrected chi connectivity index (χ3v) is 5.09. The lowest BCUT2D eigenvalue weighted by Gasteiger charge is -2.22. The second-order valence-electron chi connectivity index (χ2n) is 6.16. The van der Waals surface area contributed by atoms with Gasteiger partial charge in [-0.2, -0.15) is 0 Å². The monoisotopic (exact) mass is 377 g/mol. The summed E-state index contributed by atoms with van der Waals surface area (Å²) in [4.78, 5) is 7.02. The molecule has 0 aliphatic heterocycles. The predicted molar refractivity (Wildman–Crippen MR) is 104 cm³/mol. The van der Waals surface area contributed by atoms with Crippen molar-refractivity contribution < 1.29 is 0 Å². The largest absolute Gasteiger partial charge is 0.382 e. The van der Waals surface area contributed by atoms with Crippen molar-refractivity contribution in [3.05, 3.63) is 34.4 Å². The Kier molecular flexibility index (Phi) is 6.85. The van der Waals surface area contributed by atoms with Gasteiger partial charge in [0.1, 0.15) is 0 Å². The highest BCUT2D eigenvalue weighted by molar-refractivity contribution is 9.10. The van der Waals surface area contributed by atoms with Crippen LogP contribution in [-0.2, 0) is 0 Å². The van der Waals surface area contributed by atoms with E-state index >= 15 is 0 Å². The summed E-state index contributed by atoms with van der Waals surface area (Å²) in [6, 6.07) is 6.63. The fraction of sp³-hybridized carbons (Fsp3) is 0.526. The molecular formula is C19H28BrN3. The van der Waals surface area contributed by atoms with Gasteiger partial charge < -0.3 is 10.2 Å². The fourth-order valence-corrected chi connectivity index (χ4v) is 3.52. The number of aryl methyl sites for hydroxylation is 1. The maximum absolute atomic E-state index is 4.54. The molecule has 2 rings (SSSR count). The third-order valence-electron chi connectivity index (χ3n) is 4.43. The molecule has 0 saturated carbocycles. The molecule has 0 aliphatic rings. The number of anilines is 1. The molecule has 1 aromatic heterocycles. The van der Waals surface area contributed by atoms with Gasteiger partial charge in [0.25, 0.3) is 0 Å². The highest BCUT2D eigenvalue weighted by atomic mass is 79.9. The van der Waals surface area contributed by atoms with Crippen molar-refractivity contribution in [2.24, 2.45) is 0 Å². The van der Waals surface area contributed by atoms with Crippen molar-refractivity contribution in [1.82, 2.24) is 9.88 Å². The molecule has 0 bridgehead atoms. The second-order valence-corrected chi connectivity index (χ2v) is 7.02. The van der Waals surface area contributed by atoms with Crippen LogP contribution >= 0.6 is 15.9 Å². The topological polar surface area (TPSA) is 28.2 Å². The normalized spacial score (nSPS) is 12.8. The van der Waals surface area contributed by atoms with Crippen molar-refractivity contribution in [3.8, 4) is 0 Å². The van der Waals surface area contributed by atoms with E-state index < -0.39 is 0 Å². The summed E-state index contributed by atoms with van der Waals surface area (Å²) >= 11 is 3.68. The molecule has 1 atom stereocenters. The SMILES string of the molecule is CCN(CC)CCC[C@@H](C)Nc1c(C)cnc2cccc(Br)c12. The summed E-state index contributed by atoms with van der Waals surface area (Å²) in [7, 11) is 0. The first-order valence-corrected chi connectivity index (χ1v) is 9.38. The van der Waals surface area contributed by atoms with Gasteiger partial charge in [0.15, 0.2) is 0 Å². The second kappa shape index (κ2) is 8.65. The number of pyridine rings is 1. The number of halogens is 1. The molecule has 1 N–H and O–H groups in total. The van der Waals surface area contributed by atoms with Gasteiger partial charge >= 0.3 is 0 Å². The van der Waals surface area contributed by atoms with Crippen LogP contribution in [0.1, 0.15) is 39.2 Å². The van der Waals surface area contributed by atoms with Crippen molar-refractivity contribution in [1.29, 1.82) is 0 Å². The summed E-state index contributed by atoms with van der Waals surface area (Å²) < 4.78 is 1.10. The number of rotatable bonds is 8. The van der Waals surface area contributed by atoms with E-state index in [0.717, 1.165) is 23.1 Å². The summed E-state index contributed by atoms with van der Waals surface area (Å²) in [6.07, 6.45) is 4.35. The van der Waals surface area contributed by atoms with Crippen LogP contribution in [0, 0.1) is 6.92 Å².